The number of aryl methyl sites for hydroxylation is 1. The Morgan fingerprint density at radius 3 is 1.82 bits per heavy atom. The molecule has 4 heteroatoms. The van der Waals surface area contributed by atoms with Crippen molar-refractivity contribution in [2.24, 2.45) is 5.92 Å². The lowest BCUT2D eigenvalue weighted by Gasteiger charge is -2.33. The molecule has 0 amide bonds. The topological polar surface area (TPSA) is 36.9 Å². The summed E-state index contributed by atoms with van der Waals surface area (Å²) < 4.78 is 22.4. The lowest BCUT2D eigenvalue weighted by molar-refractivity contribution is 0.351. The highest BCUT2D eigenvalue weighted by Gasteiger charge is 2.51. The van der Waals surface area contributed by atoms with Crippen molar-refractivity contribution in [2.45, 2.75) is 31.6 Å². The van der Waals surface area contributed by atoms with E-state index in [0.29, 0.717) is 5.92 Å². The molecule has 1 spiro atoms. The Morgan fingerprint density at radius 2 is 1.29 bits per heavy atom. The van der Waals surface area contributed by atoms with Crippen LogP contribution in [0.1, 0.15) is 35.6 Å². The molecule has 0 saturated heterocycles. The molecule has 0 bridgehead atoms. The van der Waals surface area contributed by atoms with Crippen molar-refractivity contribution >= 4 is 0 Å². The van der Waals surface area contributed by atoms with Gasteiger partial charge < -0.3 is 18.9 Å². The fraction of sp³-hybridized carbons (Fsp3) is 0.417. The van der Waals surface area contributed by atoms with Gasteiger partial charge in [0.25, 0.3) is 0 Å². The molecule has 2 aromatic carbocycles. The first-order chi connectivity index (χ1) is 13.6. The van der Waals surface area contributed by atoms with Crippen LogP contribution in [-0.2, 0) is 18.3 Å². The van der Waals surface area contributed by atoms with Gasteiger partial charge in [0.05, 0.1) is 28.4 Å². The molecule has 0 fully saturated rings. The monoisotopic (exact) mass is 380 g/mol. The summed E-state index contributed by atoms with van der Waals surface area (Å²) in [4.78, 5) is 0. The van der Waals surface area contributed by atoms with Crippen molar-refractivity contribution in [2.75, 3.05) is 28.4 Å². The highest BCUT2D eigenvalue weighted by molar-refractivity contribution is 5.63. The number of hydrogen-bond acceptors (Lipinski definition) is 4. The van der Waals surface area contributed by atoms with Crippen molar-refractivity contribution in [3.63, 3.8) is 0 Å². The van der Waals surface area contributed by atoms with Gasteiger partial charge in [-0.15, -0.1) is 0 Å². The molecule has 4 nitrogen and oxygen atoms in total. The molecule has 0 unspecified atom stereocenters. The molecule has 0 radical (unpaired) electrons. The molecule has 2 aliphatic rings. The Hall–Kier alpha value is -2.62. The minimum Gasteiger partial charge on any atom is -0.493 e. The molecule has 0 N–H and O–H groups in total. The van der Waals surface area contributed by atoms with Gasteiger partial charge in [0.2, 0.25) is 0 Å². The second-order valence-corrected chi connectivity index (χ2v) is 7.54. The van der Waals surface area contributed by atoms with Crippen LogP contribution in [0.25, 0.3) is 0 Å². The predicted octanol–water partition coefficient (Wildman–Crippen LogP) is 4.70. The SMILES string of the molecule is C/C=C\[C@H]1Cc2cc(OC)c(OC)cc2[C@@]12CCc1cc(OC)c(OC)cc12. The Kier molecular flexibility index (Phi) is 4.74. The van der Waals surface area contributed by atoms with Crippen LogP contribution >= 0.6 is 0 Å². The summed E-state index contributed by atoms with van der Waals surface area (Å²) in [5.74, 6) is 3.56. The van der Waals surface area contributed by atoms with Crippen LogP contribution in [-0.4, -0.2) is 28.4 Å². The van der Waals surface area contributed by atoms with Gasteiger partial charge in [-0.3, -0.25) is 0 Å². The van der Waals surface area contributed by atoms with Crippen molar-refractivity contribution in [1.29, 1.82) is 0 Å². The second-order valence-electron chi connectivity index (χ2n) is 7.54. The number of ether oxygens (including phenoxy) is 4. The third-order valence-electron chi connectivity index (χ3n) is 6.47. The molecule has 0 aliphatic heterocycles. The minimum atomic E-state index is -0.0731. The molecular formula is C24H28O4. The van der Waals surface area contributed by atoms with Gasteiger partial charge in [-0.2, -0.15) is 0 Å². The number of fused-ring (bicyclic) bond motifs is 4. The van der Waals surface area contributed by atoms with Gasteiger partial charge >= 0.3 is 0 Å². The number of rotatable bonds is 5. The summed E-state index contributed by atoms with van der Waals surface area (Å²) in [5, 5.41) is 0. The zero-order chi connectivity index (χ0) is 19.9. The summed E-state index contributed by atoms with van der Waals surface area (Å²) in [7, 11) is 6.79. The first-order valence-electron chi connectivity index (χ1n) is 9.76. The van der Waals surface area contributed by atoms with Gasteiger partial charge in [0, 0.05) is 5.41 Å². The Morgan fingerprint density at radius 1 is 0.786 bits per heavy atom. The first kappa shape index (κ1) is 18.7. The van der Waals surface area contributed by atoms with E-state index < -0.39 is 0 Å². The standard InChI is InChI=1S/C24H28O4/c1-6-7-17-10-16-12-21(26-3)23(28-5)14-19(16)24(17)9-8-15-11-20(25-2)22(27-4)13-18(15)24/h6-7,11-14,17H,8-10H2,1-5H3/b7-6-/t17-,24-/m0/s1. The molecule has 2 atom stereocenters. The van der Waals surface area contributed by atoms with Crippen molar-refractivity contribution in [1.82, 2.24) is 0 Å². The molecular weight excluding hydrogens is 352 g/mol. The third-order valence-corrected chi connectivity index (χ3v) is 6.47. The maximum absolute atomic E-state index is 5.64. The molecule has 4 rings (SSSR count). The van der Waals surface area contributed by atoms with Crippen molar-refractivity contribution in [3.05, 3.63) is 58.7 Å². The van der Waals surface area contributed by atoms with E-state index in [9.17, 15) is 0 Å². The maximum Gasteiger partial charge on any atom is 0.161 e. The lowest BCUT2D eigenvalue weighted by Crippen LogP contribution is -2.29. The van der Waals surface area contributed by atoms with Crippen LogP contribution in [0.4, 0.5) is 0 Å². The highest BCUT2D eigenvalue weighted by atomic mass is 16.5. The Balaban J connectivity index is 1.97. The molecule has 0 heterocycles. The maximum atomic E-state index is 5.64. The molecule has 0 saturated carbocycles. The highest BCUT2D eigenvalue weighted by Crippen LogP contribution is 2.58. The van der Waals surface area contributed by atoms with Crippen LogP contribution in [0.5, 0.6) is 23.0 Å². The molecule has 148 valence electrons. The van der Waals surface area contributed by atoms with Gasteiger partial charge in [-0.25, -0.2) is 0 Å². The predicted molar refractivity (Wildman–Crippen MR) is 110 cm³/mol. The normalized spacial score (nSPS) is 22.4. The van der Waals surface area contributed by atoms with E-state index in [2.05, 4.69) is 43.3 Å². The Bertz CT molecular complexity index is 913. The zero-order valence-corrected chi connectivity index (χ0v) is 17.3. The fourth-order valence-corrected chi connectivity index (χ4v) is 5.26. The van der Waals surface area contributed by atoms with E-state index in [1.54, 1.807) is 28.4 Å². The van der Waals surface area contributed by atoms with Gasteiger partial charge in [-0.1, -0.05) is 12.2 Å². The van der Waals surface area contributed by atoms with Crippen LogP contribution in [0, 0.1) is 5.92 Å². The van der Waals surface area contributed by atoms with Crippen LogP contribution in [0.15, 0.2) is 36.4 Å². The average Bonchev–Trinajstić information content (AvgIpc) is 3.25. The average molecular weight is 380 g/mol. The molecule has 28 heavy (non-hydrogen) atoms. The van der Waals surface area contributed by atoms with E-state index in [1.807, 2.05) is 0 Å². The number of hydrogen-bond donors (Lipinski definition) is 0. The van der Waals surface area contributed by atoms with E-state index in [-0.39, 0.29) is 5.41 Å². The summed E-state index contributed by atoms with van der Waals surface area (Å²) in [5.41, 5.74) is 5.30. The van der Waals surface area contributed by atoms with Gasteiger partial charge in [-0.05, 0) is 78.6 Å². The van der Waals surface area contributed by atoms with E-state index in [1.165, 1.54) is 22.3 Å². The Labute approximate surface area is 167 Å². The number of methoxy groups -OCH3 is 4. The fourth-order valence-electron chi connectivity index (χ4n) is 5.26. The quantitative estimate of drug-likeness (QED) is 0.705. The second kappa shape index (κ2) is 7.08. The molecule has 0 aromatic heterocycles. The van der Waals surface area contributed by atoms with E-state index in [4.69, 9.17) is 18.9 Å². The van der Waals surface area contributed by atoms with Gasteiger partial charge in [0.15, 0.2) is 23.0 Å². The van der Waals surface area contributed by atoms with Crippen molar-refractivity contribution in [3.8, 4) is 23.0 Å². The van der Waals surface area contributed by atoms with E-state index >= 15 is 0 Å². The summed E-state index contributed by atoms with van der Waals surface area (Å²) >= 11 is 0. The number of benzene rings is 2. The third kappa shape index (κ3) is 2.50. The van der Waals surface area contributed by atoms with E-state index in [0.717, 1.165) is 42.3 Å². The summed E-state index contributed by atoms with van der Waals surface area (Å²) in [6, 6.07) is 8.67. The molecule has 2 aromatic rings. The van der Waals surface area contributed by atoms with Crippen LogP contribution < -0.4 is 18.9 Å². The first-order valence-corrected chi connectivity index (χ1v) is 9.76. The minimum absolute atomic E-state index is 0.0731. The largest absolute Gasteiger partial charge is 0.493 e. The molecule has 2 aliphatic carbocycles. The van der Waals surface area contributed by atoms with Crippen LogP contribution in [0.2, 0.25) is 0 Å². The summed E-state index contributed by atoms with van der Waals surface area (Å²) in [6.07, 6.45) is 7.61. The lowest BCUT2D eigenvalue weighted by atomic mass is 9.70. The zero-order valence-electron chi connectivity index (χ0n) is 17.3. The van der Waals surface area contributed by atoms with Crippen LogP contribution in [0.3, 0.4) is 0 Å². The smallest absolute Gasteiger partial charge is 0.161 e. The number of allylic oxidation sites excluding steroid dienone is 2. The van der Waals surface area contributed by atoms with Gasteiger partial charge in [0.1, 0.15) is 0 Å². The van der Waals surface area contributed by atoms with Crippen molar-refractivity contribution < 1.29 is 18.9 Å². The summed E-state index contributed by atoms with van der Waals surface area (Å²) in [6.45, 7) is 2.10.